The maximum Gasteiger partial charge on any atom is 0.407 e. The lowest BCUT2D eigenvalue weighted by Crippen LogP contribution is -2.57. The van der Waals surface area contributed by atoms with Crippen molar-refractivity contribution in [3.63, 3.8) is 0 Å². The Morgan fingerprint density at radius 1 is 0.833 bits per heavy atom. The molecule has 36 heavy (non-hydrogen) atoms. The topological polar surface area (TPSA) is 207 Å². The summed E-state index contributed by atoms with van der Waals surface area (Å²) >= 11 is 0. The molecular formula is C23H45N7O6. The number of rotatable bonds is 15. The summed E-state index contributed by atoms with van der Waals surface area (Å²) < 4.78 is 5.15. The monoisotopic (exact) mass is 515 g/mol. The normalized spacial score (nSPS) is 13.7. The highest BCUT2D eigenvalue weighted by Crippen LogP contribution is 2.08. The molecule has 0 aromatic rings. The van der Waals surface area contributed by atoms with Gasteiger partial charge in [-0.15, -0.1) is 0 Å². The zero-order valence-corrected chi connectivity index (χ0v) is 22.4. The summed E-state index contributed by atoms with van der Waals surface area (Å²) in [6, 6.07) is -3.25. The number of unbranched alkanes of at least 4 members (excludes halogenated alkanes) is 1. The van der Waals surface area contributed by atoms with E-state index >= 15 is 0 Å². The highest BCUT2D eigenvalue weighted by molar-refractivity contribution is 5.93. The van der Waals surface area contributed by atoms with Gasteiger partial charge in [-0.05, 0) is 58.8 Å². The van der Waals surface area contributed by atoms with Gasteiger partial charge in [-0.25, -0.2) is 9.59 Å². The molecule has 0 aliphatic rings. The van der Waals surface area contributed by atoms with Gasteiger partial charge in [0.05, 0.1) is 6.04 Å². The molecule has 0 saturated heterocycles. The molecule has 3 atom stereocenters. The largest absolute Gasteiger partial charge is 0.444 e. The summed E-state index contributed by atoms with van der Waals surface area (Å²) in [5.41, 5.74) is 10.5. The summed E-state index contributed by atoms with van der Waals surface area (Å²) in [4.78, 5) is 60.1. The quantitative estimate of drug-likeness (QED) is 0.146. The average Bonchev–Trinajstić information content (AvgIpc) is 2.76. The minimum Gasteiger partial charge on any atom is -0.444 e. The number of amides is 6. The van der Waals surface area contributed by atoms with Crippen LogP contribution in [0.25, 0.3) is 0 Å². The second kappa shape index (κ2) is 16.6. The zero-order valence-electron chi connectivity index (χ0n) is 22.4. The predicted octanol–water partition coefficient (Wildman–Crippen LogP) is -0.171. The van der Waals surface area contributed by atoms with Crippen LogP contribution in [0.1, 0.15) is 66.7 Å². The summed E-state index contributed by atoms with van der Waals surface area (Å²) in [6.45, 7) is 9.50. The zero-order chi connectivity index (χ0) is 27.9. The Hall–Kier alpha value is -3.09. The first-order valence-corrected chi connectivity index (χ1v) is 12.3. The van der Waals surface area contributed by atoms with Crippen LogP contribution in [-0.4, -0.2) is 73.7 Å². The molecule has 0 fully saturated rings. The number of nitrogens with two attached hydrogens (primary N) is 2. The van der Waals surface area contributed by atoms with Gasteiger partial charge >= 0.3 is 12.1 Å². The molecule has 0 heterocycles. The Bertz CT molecular complexity index is 739. The molecule has 0 aliphatic carbocycles. The van der Waals surface area contributed by atoms with Crippen molar-refractivity contribution in [3.05, 3.63) is 0 Å². The van der Waals surface area contributed by atoms with E-state index in [1.165, 1.54) is 7.05 Å². The van der Waals surface area contributed by atoms with E-state index in [1.54, 1.807) is 34.6 Å². The molecular weight excluding hydrogens is 470 g/mol. The van der Waals surface area contributed by atoms with Crippen molar-refractivity contribution < 1.29 is 28.7 Å². The Kier molecular flexibility index (Phi) is 15.1. The van der Waals surface area contributed by atoms with Gasteiger partial charge in [0.2, 0.25) is 17.7 Å². The highest BCUT2D eigenvalue weighted by atomic mass is 16.6. The molecule has 0 unspecified atom stereocenters. The summed E-state index contributed by atoms with van der Waals surface area (Å²) in [5.74, 6) is -1.65. The first-order chi connectivity index (χ1) is 16.7. The molecule has 0 bridgehead atoms. The number of likely N-dealkylation sites (N-methyl/N-ethyl adjacent to an activating group) is 1. The van der Waals surface area contributed by atoms with Crippen LogP contribution >= 0.6 is 0 Å². The molecule has 0 aliphatic heterocycles. The van der Waals surface area contributed by atoms with Gasteiger partial charge in [0, 0.05) is 20.1 Å². The second-order valence-electron chi connectivity index (χ2n) is 9.87. The third-order valence-corrected chi connectivity index (χ3v) is 5.04. The van der Waals surface area contributed by atoms with E-state index in [4.69, 9.17) is 16.2 Å². The van der Waals surface area contributed by atoms with Gasteiger partial charge in [-0.3, -0.25) is 14.4 Å². The van der Waals surface area contributed by atoms with E-state index in [0.29, 0.717) is 32.2 Å². The molecule has 0 aromatic carbocycles. The Morgan fingerprint density at radius 3 is 1.97 bits per heavy atom. The number of primary amides is 1. The highest BCUT2D eigenvalue weighted by Gasteiger charge is 2.29. The summed E-state index contributed by atoms with van der Waals surface area (Å²) in [7, 11) is 1.45. The lowest BCUT2D eigenvalue weighted by Gasteiger charge is -2.26. The summed E-state index contributed by atoms with van der Waals surface area (Å²) in [6.07, 6.45) is 1.72. The lowest BCUT2D eigenvalue weighted by molar-refractivity contribution is -0.133. The van der Waals surface area contributed by atoms with Gasteiger partial charge in [0.25, 0.3) is 0 Å². The molecule has 0 radical (unpaired) electrons. The van der Waals surface area contributed by atoms with E-state index in [2.05, 4.69) is 26.6 Å². The first-order valence-electron chi connectivity index (χ1n) is 12.3. The average molecular weight is 516 g/mol. The molecule has 13 nitrogen and oxygen atoms in total. The van der Waals surface area contributed by atoms with Crippen molar-refractivity contribution in [1.29, 1.82) is 0 Å². The fraction of sp³-hybridized carbons (Fsp3) is 0.783. The van der Waals surface area contributed by atoms with Crippen molar-refractivity contribution >= 4 is 29.8 Å². The van der Waals surface area contributed by atoms with Crippen molar-refractivity contribution in [1.82, 2.24) is 26.6 Å². The van der Waals surface area contributed by atoms with Gasteiger partial charge in [0.1, 0.15) is 17.7 Å². The van der Waals surface area contributed by atoms with Gasteiger partial charge in [-0.2, -0.15) is 0 Å². The van der Waals surface area contributed by atoms with Gasteiger partial charge in [-0.1, -0.05) is 13.8 Å². The standard InChI is InChI=1S/C23H45N7O6/c1-14(2)17(20(33)29-16(19(32)26-6)11-9-13-27-21(25)34)30-18(31)15(24)10-7-8-12-28-22(35)36-23(3,4)5/h14-17H,7-13,24H2,1-6H3,(H,26,32)(H,28,35)(H,29,33)(H,30,31)(H3,25,27,34)/t15-,16-,17-/m0/s1. The van der Waals surface area contributed by atoms with Crippen LogP contribution in [0.4, 0.5) is 9.59 Å². The van der Waals surface area contributed by atoms with Crippen molar-refractivity contribution in [3.8, 4) is 0 Å². The number of hydrogen-bond acceptors (Lipinski definition) is 7. The molecule has 208 valence electrons. The van der Waals surface area contributed by atoms with Crippen molar-refractivity contribution in [2.75, 3.05) is 20.1 Å². The molecule has 0 saturated carbocycles. The van der Waals surface area contributed by atoms with Crippen LogP contribution in [0, 0.1) is 5.92 Å². The third kappa shape index (κ3) is 15.0. The number of urea groups is 1. The van der Waals surface area contributed by atoms with E-state index in [-0.39, 0.29) is 18.9 Å². The van der Waals surface area contributed by atoms with Crippen LogP contribution in [0.5, 0.6) is 0 Å². The van der Waals surface area contributed by atoms with Crippen molar-refractivity contribution in [2.24, 2.45) is 17.4 Å². The number of hydrogen-bond donors (Lipinski definition) is 7. The number of alkyl carbamates (subject to hydrolysis) is 1. The number of ether oxygens (including phenoxy) is 1. The minimum atomic E-state index is -0.895. The van der Waals surface area contributed by atoms with E-state index in [0.717, 1.165) is 0 Å². The Balaban J connectivity index is 4.71. The molecule has 9 N–H and O–H groups in total. The SMILES string of the molecule is CNC(=O)[C@H](CCCNC(N)=O)NC(=O)[C@@H](NC(=O)[C@@H](N)CCCCNC(=O)OC(C)(C)C)C(C)C. The van der Waals surface area contributed by atoms with Crippen LogP contribution < -0.4 is 38.1 Å². The Morgan fingerprint density at radius 2 is 1.44 bits per heavy atom. The number of nitrogens with one attached hydrogen (secondary N) is 5. The fourth-order valence-electron chi connectivity index (χ4n) is 3.14. The summed E-state index contributed by atoms with van der Waals surface area (Å²) in [5, 5.41) is 12.9. The van der Waals surface area contributed by atoms with Gasteiger partial charge in [0.15, 0.2) is 0 Å². The third-order valence-electron chi connectivity index (χ3n) is 5.04. The van der Waals surface area contributed by atoms with Crippen molar-refractivity contribution in [2.45, 2.75) is 90.4 Å². The van der Waals surface area contributed by atoms with E-state index < -0.39 is 53.6 Å². The second-order valence-corrected chi connectivity index (χ2v) is 9.87. The van der Waals surface area contributed by atoms with Crippen LogP contribution in [-0.2, 0) is 19.1 Å². The molecule has 0 rings (SSSR count). The number of carbonyl (C=O) groups is 5. The molecule has 0 spiro atoms. The molecule has 0 aromatic heterocycles. The Labute approximate surface area is 213 Å². The molecule has 6 amide bonds. The van der Waals surface area contributed by atoms with Crippen LogP contribution in [0.3, 0.4) is 0 Å². The number of carbonyl (C=O) groups excluding carboxylic acids is 5. The smallest absolute Gasteiger partial charge is 0.407 e. The fourth-order valence-corrected chi connectivity index (χ4v) is 3.14. The predicted molar refractivity (Wildman–Crippen MR) is 136 cm³/mol. The maximum absolute atomic E-state index is 12.9. The van der Waals surface area contributed by atoms with Crippen LogP contribution in [0.2, 0.25) is 0 Å². The maximum atomic E-state index is 12.9. The molecule has 13 heteroatoms. The minimum absolute atomic E-state index is 0.255. The van der Waals surface area contributed by atoms with Gasteiger partial charge < -0.3 is 42.8 Å². The first kappa shape index (κ1) is 32.9. The van der Waals surface area contributed by atoms with E-state index in [9.17, 15) is 24.0 Å². The lowest BCUT2D eigenvalue weighted by atomic mass is 10.0. The van der Waals surface area contributed by atoms with Crippen LogP contribution in [0.15, 0.2) is 0 Å². The van der Waals surface area contributed by atoms with E-state index in [1.807, 2.05) is 0 Å².